The maximum atomic E-state index is 13.7. The highest BCUT2D eigenvalue weighted by Gasteiger charge is 2.44. The van der Waals surface area contributed by atoms with Crippen LogP contribution in [0.5, 0.6) is 5.75 Å². The fourth-order valence-electron chi connectivity index (χ4n) is 7.92. The van der Waals surface area contributed by atoms with Crippen molar-refractivity contribution in [2.75, 3.05) is 24.6 Å². The van der Waals surface area contributed by atoms with Crippen molar-refractivity contribution in [3.63, 3.8) is 0 Å². The van der Waals surface area contributed by atoms with Crippen LogP contribution in [-0.2, 0) is 28.3 Å². The summed E-state index contributed by atoms with van der Waals surface area (Å²) in [5, 5.41) is 18.9. The monoisotopic (exact) mass is 680 g/mol. The molecule has 3 heterocycles. The van der Waals surface area contributed by atoms with Gasteiger partial charge in [0.15, 0.2) is 0 Å². The predicted octanol–water partition coefficient (Wildman–Crippen LogP) is 5.30. The Balaban J connectivity index is 1.24. The lowest BCUT2D eigenvalue weighted by Gasteiger charge is -2.45. The van der Waals surface area contributed by atoms with Crippen molar-refractivity contribution in [2.24, 2.45) is 11.8 Å². The highest BCUT2D eigenvalue weighted by Crippen LogP contribution is 2.46. The average Bonchev–Trinajstić information content (AvgIpc) is 3.37. The number of fused-ring (bicyclic) bond motifs is 4. The third-order valence-electron chi connectivity index (χ3n) is 10.6. The summed E-state index contributed by atoms with van der Waals surface area (Å²) in [7, 11) is -4.08. The van der Waals surface area contributed by atoms with E-state index in [-0.39, 0.29) is 42.1 Å². The molecule has 47 heavy (non-hydrogen) atoms. The van der Waals surface area contributed by atoms with Gasteiger partial charge in [-0.2, -0.15) is 0 Å². The van der Waals surface area contributed by atoms with E-state index in [0.29, 0.717) is 43.6 Å². The van der Waals surface area contributed by atoms with Gasteiger partial charge in [-0.1, -0.05) is 29.8 Å². The van der Waals surface area contributed by atoms with Crippen LogP contribution in [0.2, 0.25) is 5.02 Å². The van der Waals surface area contributed by atoms with Crippen LogP contribution in [0.3, 0.4) is 0 Å². The number of nitrogens with one attached hydrogen (secondary N) is 1. The van der Waals surface area contributed by atoms with Crippen molar-refractivity contribution in [3.05, 3.63) is 82.0 Å². The SMILES string of the molecule is Cc1nnc(CCC2CC/C=C/[C@H](O)[C@@H]3CC[C@H]3CN3C[C@@]4(CCCc5cc(Cl)ccc54)COc4ccc(cc43)C(=O)NS2(=O)=O)o1. The molecule has 1 fully saturated rings. The Bertz CT molecular complexity index is 1790. The number of carbonyl (C=O) groups excluding carboxylic acids is 1. The molecule has 2 aliphatic carbocycles. The van der Waals surface area contributed by atoms with E-state index in [1.807, 2.05) is 18.2 Å². The Morgan fingerprint density at radius 3 is 2.81 bits per heavy atom. The topological polar surface area (TPSA) is 135 Å². The molecule has 2 bridgehead atoms. The van der Waals surface area contributed by atoms with E-state index in [0.717, 1.165) is 42.8 Å². The summed E-state index contributed by atoms with van der Waals surface area (Å²) in [6.45, 7) is 3.52. The number of aliphatic hydroxyl groups is 1. The van der Waals surface area contributed by atoms with E-state index in [4.69, 9.17) is 20.8 Å². The number of halogens is 1. The molecule has 0 saturated heterocycles. The Morgan fingerprint density at radius 1 is 1.15 bits per heavy atom. The number of rotatable bonds is 3. The molecule has 1 unspecified atom stereocenters. The van der Waals surface area contributed by atoms with E-state index in [9.17, 15) is 18.3 Å². The molecule has 0 radical (unpaired) electrons. The molecule has 2 aromatic carbocycles. The zero-order valence-corrected chi connectivity index (χ0v) is 28.1. The van der Waals surface area contributed by atoms with Crippen LogP contribution in [0.4, 0.5) is 5.69 Å². The first kappa shape index (κ1) is 32.2. The van der Waals surface area contributed by atoms with Crippen LogP contribution in [0.1, 0.15) is 78.2 Å². The van der Waals surface area contributed by atoms with Crippen LogP contribution in [0, 0.1) is 18.8 Å². The molecule has 10 nitrogen and oxygen atoms in total. The number of hydrogen-bond acceptors (Lipinski definition) is 9. The number of anilines is 1. The number of carbonyl (C=O) groups is 1. The van der Waals surface area contributed by atoms with Gasteiger partial charge >= 0.3 is 0 Å². The van der Waals surface area contributed by atoms with Crippen molar-refractivity contribution in [1.82, 2.24) is 14.9 Å². The first-order valence-corrected chi connectivity index (χ1v) is 18.5. The Labute approximate surface area is 280 Å². The summed E-state index contributed by atoms with van der Waals surface area (Å²) >= 11 is 6.41. The lowest BCUT2D eigenvalue weighted by molar-refractivity contribution is 0.0456. The number of sulfonamides is 1. The molecule has 1 amide bonds. The molecule has 250 valence electrons. The second-order valence-electron chi connectivity index (χ2n) is 13.6. The van der Waals surface area contributed by atoms with Gasteiger partial charge in [0.2, 0.25) is 21.8 Å². The van der Waals surface area contributed by atoms with E-state index < -0.39 is 27.3 Å². The molecule has 3 aromatic rings. The largest absolute Gasteiger partial charge is 0.490 e. The van der Waals surface area contributed by atoms with Crippen molar-refractivity contribution >= 4 is 33.2 Å². The van der Waals surface area contributed by atoms with Crippen molar-refractivity contribution in [1.29, 1.82) is 0 Å². The van der Waals surface area contributed by atoms with E-state index >= 15 is 0 Å². The molecule has 7 rings (SSSR count). The highest BCUT2D eigenvalue weighted by molar-refractivity contribution is 7.90. The van der Waals surface area contributed by atoms with Gasteiger partial charge < -0.3 is 19.2 Å². The number of aromatic nitrogens is 2. The molecule has 1 spiro atoms. The number of ether oxygens (including phenoxy) is 1. The van der Waals surface area contributed by atoms with Crippen molar-refractivity contribution in [3.8, 4) is 5.75 Å². The summed E-state index contributed by atoms with van der Waals surface area (Å²) < 4.78 is 41.7. The van der Waals surface area contributed by atoms with Gasteiger partial charge in [0, 0.05) is 42.4 Å². The lowest BCUT2D eigenvalue weighted by Crippen LogP contribution is -2.49. The highest BCUT2D eigenvalue weighted by atomic mass is 35.5. The third kappa shape index (κ3) is 6.54. The summed E-state index contributed by atoms with van der Waals surface area (Å²) in [4.78, 5) is 15.9. The summed E-state index contributed by atoms with van der Waals surface area (Å²) in [5.41, 5.74) is 3.21. The first-order valence-electron chi connectivity index (χ1n) is 16.6. The van der Waals surface area contributed by atoms with Crippen LogP contribution in [0.25, 0.3) is 0 Å². The lowest BCUT2D eigenvalue weighted by atomic mass is 9.68. The van der Waals surface area contributed by atoms with Gasteiger partial charge in [-0.05, 0) is 105 Å². The van der Waals surface area contributed by atoms with Crippen LogP contribution in [0.15, 0.2) is 53.0 Å². The second-order valence-corrected chi connectivity index (χ2v) is 16.0. The number of hydrogen-bond donors (Lipinski definition) is 2. The molecule has 2 aliphatic heterocycles. The smallest absolute Gasteiger partial charge is 0.264 e. The first-order chi connectivity index (χ1) is 22.6. The third-order valence-corrected chi connectivity index (χ3v) is 12.6. The summed E-state index contributed by atoms with van der Waals surface area (Å²) in [6.07, 6.45) is 9.06. The number of nitrogens with zero attached hydrogens (tertiary/aromatic N) is 3. The maximum Gasteiger partial charge on any atom is 0.264 e. The van der Waals surface area contributed by atoms with Gasteiger partial charge in [0.25, 0.3) is 5.91 Å². The Morgan fingerprint density at radius 2 is 2.02 bits per heavy atom. The van der Waals surface area contributed by atoms with Crippen LogP contribution >= 0.6 is 11.6 Å². The second kappa shape index (κ2) is 12.9. The zero-order valence-electron chi connectivity index (χ0n) is 26.5. The molecule has 1 aromatic heterocycles. The van der Waals surface area contributed by atoms with Gasteiger partial charge in [0.1, 0.15) is 5.75 Å². The number of aryl methyl sites for hydroxylation is 3. The molecular formula is C35H41ClN4O6S. The summed E-state index contributed by atoms with van der Waals surface area (Å²) in [6, 6.07) is 11.3. The fourth-order valence-corrected chi connectivity index (χ4v) is 9.53. The molecular weight excluding hydrogens is 640 g/mol. The minimum atomic E-state index is -4.08. The molecule has 5 atom stereocenters. The minimum Gasteiger partial charge on any atom is -0.490 e. The van der Waals surface area contributed by atoms with Crippen LogP contribution in [-0.4, -0.2) is 60.7 Å². The quantitative estimate of drug-likeness (QED) is 0.353. The Hall–Kier alpha value is -3.41. The number of aliphatic hydroxyl groups excluding tert-OH is 1. The van der Waals surface area contributed by atoms with Gasteiger partial charge in [-0.3, -0.25) is 4.79 Å². The standard InChI is InChI=1S/C35H41ClN4O6S/c1-22-37-38-33(46-22)15-11-27-6-2-3-7-31(41)28-12-8-25(28)19-40-20-35(16-4-5-23-17-26(36)10-13-29(23)35)21-45-32-14-9-24(18-30(32)40)34(42)39-47(27,43)44/h3,7,9-10,13-14,17-18,25,27-28,31,41H,2,4-6,8,11-12,15-16,19-21H2,1H3,(H,39,42)/b7-3+/t25-,27?,28+,31-,35-/m0/s1. The maximum absolute atomic E-state index is 13.7. The number of allylic oxidation sites excluding steroid dienone is 1. The molecule has 1 saturated carbocycles. The zero-order chi connectivity index (χ0) is 32.8. The van der Waals surface area contributed by atoms with E-state index in [1.165, 1.54) is 11.1 Å². The average molecular weight is 681 g/mol. The van der Waals surface area contributed by atoms with Crippen molar-refractivity contribution in [2.45, 2.75) is 81.5 Å². The number of benzene rings is 2. The Kier molecular flexibility index (Phi) is 8.82. The normalized spacial score (nSPS) is 29.4. The summed E-state index contributed by atoms with van der Waals surface area (Å²) in [5.74, 6) is 1.08. The van der Waals surface area contributed by atoms with Crippen LogP contribution < -0.4 is 14.4 Å². The van der Waals surface area contributed by atoms with Gasteiger partial charge in [-0.25, -0.2) is 13.1 Å². The molecule has 2 N–H and O–H groups in total. The van der Waals surface area contributed by atoms with E-state index in [1.54, 1.807) is 25.1 Å². The predicted molar refractivity (Wildman–Crippen MR) is 178 cm³/mol. The molecule has 12 heteroatoms. The van der Waals surface area contributed by atoms with Gasteiger partial charge in [0.05, 0.1) is 23.6 Å². The van der Waals surface area contributed by atoms with E-state index in [2.05, 4.69) is 32.0 Å². The van der Waals surface area contributed by atoms with Gasteiger partial charge in [-0.15, -0.1) is 10.2 Å². The minimum absolute atomic E-state index is 0.0898. The van der Waals surface area contributed by atoms with Crippen molar-refractivity contribution < 1.29 is 27.5 Å². The fraction of sp³-hybridized carbons (Fsp3) is 0.514. The molecule has 4 aliphatic rings. The number of amides is 1.